The van der Waals surface area contributed by atoms with Crippen molar-refractivity contribution in [1.82, 2.24) is 5.32 Å². The molecular weight excluding hydrogens is 256 g/mol. The molecule has 0 fully saturated rings. The summed E-state index contributed by atoms with van der Waals surface area (Å²) < 4.78 is 0. The van der Waals surface area contributed by atoms with Crippen molar-refractivity contribution in [3.05, 3.63) is 29.8 Å². The summed E-state index contributed by atoms with van der Waals surface area (Å²) in [6, 6.07) is 5.32. The van der Waals surface area contributed by atoms with Crippen LogP contribution in [0.25, 0.3) is 0 Å². The third-order valence-corrected chi connectivity index (χ3v) is 3.50. The van der Waals surface area contributed by atoms with E-state index in [1.54, 1.807) is 31.2 Å². The van der Waals surface area contributed by atoms with Crippen molar-refractivity contribution in [3.8, 4) is 0 Å². The first kappa shape index (κ1) is 16.2. The number of anilines is 1. The van der Waals surface area contributed by atoms with Crippen LogP contribution in [0.5, 0.6) is 0 Å². The number of nitrogens with one attached hydrogen (secondary N) is 1. The van der Waals surface area contributed by atoms with Crippen LogP contribution < -0.4 is 11.1 Å². The topological polar surface area (TPSA) is 92.4 Å². The summed E-state index contributed by atoms with van der Waals surface area (Å²) in [6.45, 7) is 5.46. The van der Waals surface area contributed by atoms with Crippen LogP contribution in [0.2, 0.25) is 0 Å². The smallest absolute Gasteiger partial charge is 0.320 e. The predicted molar refractivity (Wildman–Crippen MR) is 78.7 cm³/mol. The number of ketones is 1. The average Bonchev–Trinajstić information content (AvgIpc) is 2.43. The van der Waals surface area contributed by atoms with E-state index in [0.29, 0.717) is 11.3 Å². The maximum Gasteiger partial charge on any atom is 0.320 e. The first-order valence-electron chi connectivity index (χ1n) is 6.75. The highest BCUT2D eigenvalue weighted by atomic mass is 16.4. The van der Waals surface area contributed by atoms with Crippen LogP contribution in [0.15, 0.2) is 24.3 Å². The molecule has 4 N–H and O–H groups in total. The van der Waals surface area contributed by atoms with Gasteiger partial charge in [0, 0.05) is 11.3 Å². The fraction of sp³-hybridized carbons (Fsp3) is 0.467. The van der Waals surface area contributed by atoms with Gasteiger partial charge in [-0.15, -0.1) is 0 Å². The molecule has 3 unspecified atom stereocenters. The highest BCUT2D eigenvalue weighted by Crippen LogP contribution is 2.12. The highest BCUT2D eigenvalue weighted by molar-refractivity contribution is 6.00. The van der Waals surface area contributed by atoms with Gasteiger partial charge in [0.05, 0.1) is 6.04 Å². The Morgan fingerprint density at radius 2 is 1.80 bits per heavy atom. The zero-order chi connectivity index (χ0) is 15.3. The predicted octanol–water partition coefficient (Wildman–Crippen LogP) is 1.93. The van der Waals surface area contributed by atoms with Gasteiger partial charge in [0.25, 0.3) is 0 Å². The van der Waals surface area contributed by atoms with Gasteiger partial charge in [-0.25, -0.2) is 0 Å². The van der Waals surface area contributed by atoms with Crippen LogP contribution in [0.3, 0.4) is 0 Å². The molecule has 0 saturated carbocycles. The van der Waals surface area contributed by atoms with Crippen molar-refractivity contribution in [1.29, 1.82) is 0 Å². The van der Waals surface area contributed by atoms with Crippen LogP contribution >= 0.6 is 0 Å². The Morgan fingerprint density at radius 1 is 1.25 bits per heavy atom. The number of nitrogens with two attached hydrogens (primary N) is 1. The van der Waals surface area contributed by atoms with Crippen molar-refractivity contribution in [3.63, 3.8) is 0 Å². The first-order valence-corrected chi connectivity index (χ1v) is 6.75. The molecular formula is C15H22N2O3. The van der Waals surface area contributed by atoms with E-state index >= 15 is 0 Å². The SMILES string of the molecule is CCC(C)C(NC(C)C(=O)c1ccc(N)cc1)C(=O)O. The van der Waals surface area contributed by atoms with Crippen LogP contribution in [0, 0.1) is 5.92 Å². The fourth-order valence-electron chi connectivity index (χ4n) is 1.96. The van der Waals surface area contributed by atoms with Gasteiger partial charge in [-0.3, -0.25) is 14.9 Å². The molecule has 0 aliphatic carbocycles. The molecule has 0 aliphatic rings. The fourth-order valence-corrected chi connectivity index (χ4v) is 1.96. The van der Waals surface area contributed by atoms with E-state index in [9.17, 15) is 14.7 Å². The molecule has 20 heavy (non-hydrogen) atoms. The molecule has 0 aliphatic heterocycles. The summed E-state index contributed by atoms with van der Waals surface area (Å²) in [6.07, 6.45) is 0.729. The maximum atomic E-state index is 12.2. The average molecular weight is 278 g/mol. The van der Waals surface area contributed by atoms with Gasteiger partial charge in [0.15, 0.2) is 5.78 Å². The lowest BCUT2D eigenvalue weighted by Crippen LogP contribution is -2.48. The Labute approximate surface area is 119 Å². The van der Waals surface area contributed by atoms with E-state index in [1.165, 1.54) is 0 Å². The summed E-state index contributed by atoms with van der Waals surface area (Å²) in [4.78, 5) is 23.5. The molecule has 0 saturated heterocycles. The van der Waals surface area contributed by atoms with Crippen molar-refractivity contribution in [2.45, 2.75) is 39.3 Å². The zero-order valence-electron chi connectivity index (χ0n) is 12.1. The number of Topliss-reactive ketones (excluding diaryl/α,β-unsaturated/α-hetero) is 1. The zero-order valence-corrected chi connectivity index (χ0v) is 12.1. The highest BCUT2D eigenvalue weighted by Gasteiger charge is 2.27. The van der Waals surface area contributed by atoms with E-state index in [2.05, 4.69) is 5.32 Å². The molecule has 110 valence electrons. The van der Waals surface area contributed by atoms with Crippen molar-refractivity contribution >= 4 is 17.4 Å². The molecule has 1 aromatic rings. The second kappa shape index (κ2) is 7.05. The summed E-state index contributed by atoms with van der Waals surface area (Å²) in [5.74, 6) is -1.12. The largest absolute Gasteiger partial charge is 0.480 e. The third-order valence-electron chi connectivity index (χ3n) is 3.50. The van der Waals surface area contributed by atoms with Gasteiger partial charge in [0.1, 0.15) is 6.04 Å². The number of carbonyl (C=O) groups is 2. The Kier molecular flexibility index (Phi) is 5.70. The number of nitrogen functional groups attached to an aromatic ring is 1. The number of carboxylic acid groups (broad SMARTS) is 1. The number of rotatable bonds is 7. The lowest BCUT2D eigenvalue weighted by atomic mass is 9.97. The standard InChI is InChI=1S/C15H22N2O3/c1-4-9(2)13(15(19)20)17-10(3)14(18)11-5-7-12(16)8-6-11/h5-10,13,17H,4,16H2,1-3H3,(H,19,20). The van der Waals surface area contributed by atoms with E-state index in [-0.39, 0.29) is 11.7 Å². The minimum absolute atomic E-state index is 0.0471. The minimum Gasteiger partial charge on any atom is -0.480 e. The number of carboxylic acids is 1. The maximum absolute atomic E-state index is 12.2. The van der Waals surface area contributed by atoms with Crippen molar-refractivity contribution < 1.29 is 14.7 Å². The normalized spacial score (nSPS) is 15.3. The van der Waals surface area contributed by atoms with Gasteiger partial charge in [-0.05, 0) is 37.1 Å². The lowest BCUT2D eigenvalue weighted by Gasteiger charge is -2.23. The molecule has 0 radical (unpaired) electrons. The van der Waals surface area contributed by atoms with E-state index in [4.69, 9.17) is 5.73 Å². The van der Waals surface area contributed by atoms with E-state index in [1.807, 2.05) is 13.8 Å². The number of hydrogen-bond donors (Lipinski definition) is 3. The van der Waals surface area contributed by atoms with Crippen LogP contribution in [0.4, 0.5) is 5.69 Å². The first-order chi connectivity index (χ1) is 9.36. The van der Waals surface area contributed by atoms with Gasteiger partial charge in [-0.1, -0.05) is 20.3 Å². The molecule has 5 nitrogen and oxygen atoms in total. The molecule has 0 amide bonds. The molecule has 1 rings (SSSR count). The van der Waals surface area contributed by atoms with Crippen LogP contribution in [-0.4, -0.2) is 28.9 Å². The Balaban J connectivity index is 2.78. The van der Waals surface area contributed by atoms with Gasteiger partial charge >= 0.3 is 5.97 Å². The summed E-state index contributed by atoms with van der Waals surface area (Å²) >= 11 is 0. The van der Waals surface area contributed by atoms with E-state index < -0.39 is 18.1 Å². The molecule has 0 heterocycles. The summed E-state index contributed by atoms with van der Waals surface area (Å²) in [7, 11) is 0. The van der Waals surface area contributed by atoms with Crippen LogP contribution in [0.1, 0.15) is 37.6 Å². The number of hydrogen-bond acceptors (Lipinski definition) is 4. The molecule has 0 aromatic heterocycles. The number of aliphatic carboxylic acids is 1. The second-order valence-electron chi connectivity index (χ2n) is 5.08. The Hall–Kier alpha value is -1.88. The molecule has 0 spiro atoms. The van der Waals surface area contributed by atoms with Gasteiger partial charge in [0.2, 0.25) is 0 Å². The third kappa shape index (κ3) is 4.06. The lowest BCUT2D eigenvalue weighted by molar-refractivity contribution is -0.141. The summed E-state index contributed by atoms with van der Waals surface area (Å²) in [5.41, 5.74) is 6.69. The minimum atomic E-state index is -0.934. The molecule has 0 bridgehead atoms. The molecule has 1 aromatic carbocycles. The quantitative estimate of drug-likeness (QED) is 0.523. The number of benzene rings is 1. The van der Waals surface area contributed by atoms with Crippen molar-refractivity contribution in [2.24, 2.45) is 5.92 Å². The second-order valence-corrected chi connectivity index (χ2v) is 5.08. The van der Waals surface area contributed by atoms with Crippen molar-refractivity contribution in [2.75, 3.05) is 5.73 Å². The van der Waals surface area contributed by atoms with Crippen LogP contribution in [-0.2, 0) is 4.79 Å². The monoisotopic (exact) mass is 278 g/mol. The van der Waals surface area contributed by atoms with E-state index in [0.717, 1.165) is 6.42 Å². The molecule has 3 atom stereocenters. The van der Waals surface area contributed by atoms with Gasteiger partial charge in [-0.2, -0.15) is 0 Å². The Bertz CT molecular complexity index is 471. The Morgan fingerprint density at radius 3 is 2.25 bits per heavy atom. The molecule has 5 heteroatoms. The van der Waals surface area contributed by atoms with Gasteiger partial charge < -0.3 is 10.8 Å². The summed E-state index contributed by atoms with van der Waals surface area (Å²) in [5, 5.41) is 12.1. The number of carbonyl (C=O) groups excluding carboxylic acids is 1.